The molecular formula is C21H21ClN4OS. The molecule has 0 saturated carbocycles. The van der Waals surface area contributed by atoms with Crippen LogP contribution in [0.4, 0.5) is 5.69 Å². The number of aromatic nitrogens is 3. The van der Waals surface area contributed by atoms with Crippen LogP contribution in [0.5, 0.6) is 0 Å². The van der Waals surface area contributed by atoms with Crippen LogP contribution in [-0.4, -0.2) is 32.0 Å². The normalized spacial score (nSPS) is 16.9. The first-order chi connectivity index (χ1) is 13.5. The molecule has 28 heavy (non-hydrogen) atoms. The zero-order valence-electron chi connectivity index (χ0n) is 16.0. The molecule has 5 nitrogen and oxygen atoms in total. The first kappa shape index (κ1) is 19.0. The molecule has 1 aliphatic heterocycles. The Balaban J connectivity index is 1.56. The maximum absolute atomic E-state index is 13.2. The average molecular weight is 413 g/mol. The molecular weight excluding hydrogens is 392 g/mol. The zero-order valence-corrected chi connectivity index (χ0v) is 17.5. The Hall–Kier alpha value is -2.31. The SMILES string of the molecule is C[C@H](Sc1nnc(-c2ccccc2Cl)n1C)C(=O)N1c2ccccc2C[C@@H]1C. The minimum atomic E-state index is -0.282. The van der Waals surface area contributed by atoms with Gasteiger partial charge < -0.3 is 9.47 Å². The number of para-hydroxylation sites is 1. The highest BCUT2D eigenvalue weighted by Crippen LogP contribution is 2.35. The van der Waals surface area contributed by atoms with E-state index < -0.39 is 0 Å². The highest BCUT2D eigenvalue weighted by molar-refractivity contribution is 8.00. The lowest BCUT2D eigenvalue weighted by Crippen LogP contribution is -2.40. The van der Waals surface area contributed by atoms with Crippen molar-refractivity contribution in [3.05, 3.63) is 59.1 Å². The first-order valence-corrected chi connectivity index (χ1v) is 10.4. The van der Waals surface area contributed by atoms with Gasteiger partial charge in [0.25, 0.3) is 0 Å². The van der Waals surface area contributed by atoms with Gasteiger partial charge >= 0.3 is 0 Å². The van der Waals surface area contributed by atoms with Crippen molar-refractivity contribution in [3.63, 3.8) is 0 Å². The smallest absolute Gasteiger partial charge is 0.240 e. The number of fused-ring (bicyclic) bond motifs is 1. The second-order valence-corrected chi connectivity index (χ2v) is 8.71. The minimum Gasteiger partial charge on any atom is -0.308 e. The Kier molecular flexibility index (Phi) is 5.17. The van der Waals surface area contributed by atoms with Crippen molar-refractivity contribution in [2.45, 2.75) is 36.7 Å². The standard InChI is InChI=1S/C21H21ClN4OS/c1-13-12-15-8-4-7-11-18(15)26(13)20(27)14(2)28-21-24-23-19(25(21)3)16-9-5-6-10-17(16)22/h4-11,13-14H,12H2,1-3H3/t13-,14-/m0/s1. The number of amides is 1. The highest BCUT2D eigenvalue weighted by Gasteiger charge is 2.34. The number of nitrogens with zero attached hydrogens (tertiary/aromatic N) is 4. The molecule has 2 aromatic carbocycles. The Labute approximate surface area is 173 Å². The molecule has 0 radical (unpaired) electrons. The molecule has 0 unspecified atom stereocenters. The maximum Gasteiger partial charge on any atom is 0.240 e. The lowest BCUT2D eigenvalue weighted by atomic mass is 10.1. The van der Waals surface area contributed by atoms with E-state index >= 15 is 0 Å². The number of thioether (sulfide) groups is 1. The quantitative estimate of drug-likeness (QED) is 0.588. The molecule has 2 heterocycles. The predicted molar refractivity (Wildman–Crippen MR) is 114 cm³/mol. The summed E-state index contributed by atoms with van der Waals surface area (Å²) in [7, 11) is 1.89. The van der Waals surface area contributed by atoms with Crippen molar-refractivity contribution < 1.29 is 4.79 Å². The van der Waals surface area contributed by atoms with Gasteiger partial charge in [-0.1, -0.05) is 53.7 Å². The van der Waals surface area contributed by atoms with E-state index in [9.17, 15) is 4.79 Å². The summed E-state index contributed by atoms with van der Waals surface area (Å²) in [5.74, 6) is 0.775. The number of anilines is 1. The third-order valence-corrected chi connectivity index (χ3v) is 6.48. The number of carbonyl (C=O) groups excluding carboxylic acids is 1. The molecule has 4 rings (SSSR count). The maximum atomic E-state index is 13.2. The fraction of sp³-hybridized carbons (Fsp3) is 0.286. The van der Waals surface area contributed by atoms with E-state index in [2.05, 4.69) is 23.2 Å². The summed E-state index contributed by atoms with van der Waals surface area (Å²) >= 11 is 7.72. The second-order valence-electron chi connectivity index (χ2n) is 7.00. The first-order valence-electron chi connectivity index (χ1n) is 9.19. The van der Waals surface area contributed by atoms with E-state index in [4.69, 9.17) is 11.6 Å². The molecule has 0 aliphatic carbocycles. The van der Waals surface area contributed by atoms with Crippen LogP contribution in [0.25, 0.3) is 11.4 Å². The van der Waals surface area contributed by atoms with E-state index in [-0.39, 0.29) is 17.2 Å². The second kappa shape index (κ2) is 7.60. The Morgan fingerprint density at radius 2 is 1.89 bits per heavy atom. The third kappa shape index (κ3) is 3.31. The molecule has 3 aromatic rings. The molecule has 0 spiro atoms. The van der Waals surface area contributed by atoms with Crippen LogP contribution in [0, 0.1) is 0 Å². The Morgan fingerprint density at radius 1 is 1.18 bits per heavy atom. The van der Waals surface area contributed by atoms with E-state index in [0.717, 1.165) is 17.7 Å². The molecule has 1 aromatic heterocycles. The van der Waals surface area contributed by atoms with E-state index in [1.54, 1.807) is 0 Å². The summed E-state index contributed by atoms with van der Waals surface area (Å²) in [6.07, 6.45) is 0.889. The van der Waals surface area contributed by atoms with Crippen LogP contribution in [0.3, 0.4) is 0 Å². The lowest BCUT2D eigenvalue weighted by Gasteiger charge is -2.25. The lowest BCUT2D eigenvalue weighted by molar-refractivity contribution is -0.118. The molecule has 0 bridgehead atoms. The fourth-order valence-corrected chi connectivity index (χ4v) is 4.68. The molecule has 0 fully saturated rings. The fourth-order valence-electron chi connectivity index (χ4n) is 3.60. The number of rotatable bonds is 4. The summed E-state index contributed by atoms with van der Waals surface area (Å²) < 4.78 is 1.89. The summed E-state index contributed by atoms with van der Waals surface area (Å²) in [5.41, 5.74) is 3.06. The van der Waals surface area contributed by atoms with Crippen LogP contribution in [0.2, 0.25) is 5.02 Å². The number of hydrogen-bond acceptors (Lipinski definition) is 4. The van der Waals surface area contributed by atoms with Crippen LogP contribution in [-0.2, 0) is 18.3 Å². The molecule has 7 heteroatoms. The largest absolute Gasteiger partial charge is 0.308 e. The van der Waals surface area contributed by atoms with Crippen LogP contribution in [0.15, 0.2) is 53.7 Å². The summed E-state index contributed by atoms with van der Waals surface area (Å²) in [6, 6.07) is 15.8. The summed E-state index contributed by atoms with van der Waals surface area (Å²) in [4.78, 5) is 15.1. The Bertz CT molecular complexity index is 1030. The molecule has 0 saturated heterocycles. The number of carbonyl (C=O) groups is 1. The average Bonchev–Trinajstić information content (AvgIpc) is 3.21. The number of hydrogen-bond donors (Lipinski definition) is 0. The van der Waals surface area contributed by atoms with E-state index in [0.29, 0.717) is 16.0 Å². The topological polar surface area (TPSA) is 51.0 Å². The summed E-state index contributed by atoms with van der Waals surface area (Å²) in [6.45, 7) is 4.01. The van der Waals surface area contributed by atoms with Gasteiger partial charge in [-0.15, -0.1) is 10.2 Å². The van der Waals surface area contributed by atoms with Gasteiger partial charge in [0.2, 0.25) is 5.91 Å². The highest BCUT2D eigenvalue weighted by atomic mass is 35.5. The number of halogens is 1. The Morgan fingerprint density at radius 3 is 2.68 bits per heavy atom. The van der Waals surface area contributed by atoms with Gasteiger partial charge in [-0.3, -0.25) is 4.79 Å². The molecule has 2 atom stereocenters. The molecule has 1 aliphatic rings. The van der Waals surface area contributed by atoms with Gasteiger partial charge in [0.05, 0.1) is 10.3 Å². The van der Waals surface area contributed by atoms with Gasteiger partial charge in [-0.25, -0.2) is 0 Å². The molecule has 1 amide bonds. The predicted octanol–water partition coefficient (Wildman–Crippen LogP) is 4.59. The molecule has 0 N–H and O–H groups in total. The van der Waals surface area contributed by atoms with Crippen molar-refractivity contribution in [1.82, 2.24) is 14.8 Å². The minimum absolute atomic E-state index is 0.0877. The van der Waals surface area contributed by atoms with Gasteiger partial charge in [0.1, 0.15) is 0 Å². The van der Waals surface area contributed by atoms with Gasteiger partial charge in [-0.2, -0.15) is 0 Å². The van der Waals surface area contributed by atoms with Gasteiger partial charge in [0, 0.05) is 24.3 Å². The van der Waals surface area contributed by atoms with Crippen LogP contribution in [0.1, 0.15) is 19.4 Å². The van der Waals surface area contributed by atoms with Crippen molar-refractivity contribution >= 4 is 35.0 Å². The zero-order chi connectivity index (χ0) is 19.8. The van der Waals surface area contributed by atoms with Crippen molar-refractivity contribution in [2.75, 3.05) is 4.90 Å². The third-order valence-electron chi connectivity index (χ3n) is 5.02. The van der Waals surface area contributed by atoms with Crippen molar-refractivity contribution in [3.8, 4) is 11.4 Å². The van der Waals surface area contributed by atoms with E-state index in [1.807, 2.05) is 65.9 Å². The summed E-state index contributed by atoms with van der Waals surface area (Å²) in [5, 5.41) is 9.62. The van der Waals surface area contributed by atoms with Gasteiger partial charge in [0.15, 0.2) is 11.0 Å². The van der Waals surface area contributed by atoms with Crippen molar-refractivity contribution in [2.24, 2.45) is 7.05 Å². The molecule has 144 valence electrons. The van der Waals surface area contributed by atoms with Gasteiger partial charge in [-0.05, 0) is 44.0 Å². The van der Waals surface area contributed by atoms with Crippen LogP contribution >= 0.6 is 23.4 Å². The van der Waals surface area contributed by atoms with Crippen molar-refractivity contribution in [1.29, 1.82) is 0 Å². The number of benzene rings is 2. The van der Waals surface area contributed by atoms with Crippen LogP contribution < -0.4 is 4.90 Å². The monoisotopic (exact) mass is 412 g/mol. The van der Waals surface area contributed by atoms with E-state index in [1.165, 1.54) is 17.3 Å².